The number of anilines is 2. The zero-order valence-electron chi connectivity index (χ0n) is 21.6. The molecular formula is C27H33N7O3. The van der Waals surface area contributed by atoms with E-state index in [2.05, 4.69) is 22.4 Å². The lowest BCUT2D eigenvalue weighted by atomic mass is 10.0. The third-order valence-corrected chi connectivity index (χ3v) is 7.29. The quantitative estimate of drug-likeness (QED) is 0.569. The van der Waals surface area contributed by atoms with Crippen molar-refractivity contribution in [3.8, 4) is 0 Å². The number of hydrogen-bond donors (Lipinski definition) is 1. The second-order valence-electron chi connectivity index (χ2n) is 9.67. The maximum atomic E-state index is 13.0. The van der Waals surface area contributed by atoms with Crippen molar-refractivity contribution in [3.05, 3.63) is 59.8 Å². The molecule has 194 valence electrons. The van der Waals surface area contributed by atoms with Gasteiger partial charge in [-0.1, -0.05) is 6.08 Å². The van der Waals surface area contributed by atoms with E-state index >= 15 is 0 Å². The van der Waals surface area contributed by atoms with Crippen molar-refractivity contribution < 1.29 is 14.3 Å². The van der Waals surface area contributed by atoms with Gasteiger partial charge in [0.1, 0.15) is 0 Å². The van der Waals surface area contributed by atoms with Gasteiger partial charge in [0, 0.05) is 49.2 Å². The molecule has 0 unspecified atom stereocenters. The molecule has 2 aliphatic rings. The molecule has 1 fully saturated rings. The number of carbonyl (C=O) groups is 2. The van der Waals surface area contributed by atoms with E-state index in [4.69, 9.17) is 9.72 Å². The highest BCUT2D eigenvalue weighted by Crippen LogP contribution is 2.27. The summed E-state index contributed by atoms with van der Waals surface area (Å²) >= 11 is 0. The minimum absolute atomic E-state index is 0.0446. The Morgan fingerprint density at radius 2 is 1.86 bits per heavy atom. The SMILES string of the molecule is COC(=O)N1CC=C(c2cccn3nc(Nc4ccc(C(=O)N(C)C5CCN(C)CC5)cc4)nc23)CC1. The Balaban J connectivity index is 1.27. The van der Waals surface area contributed by atoms with E-state index in [-0.39, 0.29) is 18.0 Å². The van der Waals surface area contributed by atoms with Crippen molar-refractivity contribution in [1.82, 2.24) is 29.3 Å². The maximum absolute atomic E-state index is 13.0. The molecule has 4 heterocycles. The van der Waals surface area contributed by atoms with Crippen LogP contribution in [0.3, 0.4) is 0 Å². The molecule has 37 heavy (non-hydrogen) atoms. The van der Waals surface area contributed by atoms with Crippen LogP contribution in [0.1, 0.15) is 35.2 Å². The lowest BCUT2D eigenvalue weighted by molar-refractivity contribution is 0.0659. The second kappa shape index (κ2) is 10.6. The van der Waals surface area contributed by atoms with Crippen LogP contribution in [0.5, 0.6) is 0 Å². The third-order valence-electron chi connectivity index (χ3n) is 7.29. The van der Waals surface area contributed by atoms with Gasteiger partial charge in [-0.15, -0.1) is 5.10 Å². The molecule has 3 aromatic rings. The molecule has 2 aromatic heterocycles. The van der Waals surface area contributed by atoms with E-state index in [0.29, 0.717) is 31.0 Å². The molecular weight excluding hydrogens is 470 g/mol. The van der Waals surface area contributed by atoms with Gasteiger partial charge in [-0.25, -0.2) is 9.31 Å². The van der Waals surface area contributed by atoms with Crippen LogP contribution < -0.4 is 5.32 Å². The van der Waals surface area contributed by atoms with Crippen LogP contribution >= 0.6 is 0 Å². The Kier molecular flexibility index (Phi) is 7.09. The summed E-state index contributed by atoms with van der Waals surface area (Å²) in [6, 6.07) is 11.7. The van der Waals surface area contributed by atoms with Crippen LogP contribution in [-0.4, -0.2) is 94.7 Å². The van der Waals surface area contributed by atoms with Gasteiger partial charge in [-0.3, -0.25) is 4.79 Å². The summed E-state index contributed by atoms with van der Waals surface area (Å²) < 4.78 is 6.57. The van der Waals surface area contributed by atoms with E-state index in [0.717, 1.165) is 48.4 Å². The number of nitrogens with zero attached hydrogens (tertiary/aromatic N) is 6. The van der Waals surface area contributed by atoms with Crippen molar-refractivity contribution in [2.45, 2.75) is 25.3 Å². The van der Waals surface area contributed by atoms with Crippen LogP contribution in [0, 0.1) is 0 Å². The van der Waals surface area contributed by atoms with E-state index in [1.54, 1.807) is 9.42 Å². The molecule has 0 saturated carbocycles. The molecule has 10 heteroatoms. The Morgan fingerprint density at radius 1 is 1.11 bits per heavy atom. The number of methoxy groups -OCH3 is 1. The van der Waals surface area contributed by atoms with Gasteiger partial charge in [0.25, 0.3) is 5.91 Å². The van der Waals surface area contributed by atoms with Gasteiger partial charge in [0.2, 0.25) is 5.95 Å². The standard InChI is InChI=1S/C27H33N7O3/c1-31-15-12-22(13-16-31)32(2)25(35)20-6-8-21(9-7-20)28-26-29-24-23(5-4-14-34(24)30-26)19-10-17-33(18-11-19)27(36)37-3/h4-10,14,22H,11-13,15-18H2,1-3H3,(H,28,30). The summed E-state index contributed by atoms with van der Waals surface area (Å²) in [5.41, 5.74) is 4.34. The molecule has 1 N–H and O–H groups in total. The highest BCUT2D eigenvalue weighted by atomic mass is 16.5. The Labute approximate surface area is 216 Å². The number of pyridine rings is 1. The second-order valence-corrected chi connectivity index (χ2v) is 9.67. The number of hydrogen-bond acceptors (Lipinski definition) is 7. The number of piperidine rings is 1. The number of likely N-dealkylation sites (tertiary alicyclic amines) is 1. The third kappa shape index (κ3) is 5.29. The summed E-state index contributed by atoms with van der Waals surface area (Å²) in [5, 5.41) is 7.83. The lowest BCUT2D eigenvalue weighted by Crippen LogP contribution is -2.44. The lowest BCUT2D eigenvalue weighted by Gasteiger charge is -2.35. The minimum atomic E-state index is -0.316. The van der Waals surface area contributed by atoms with Crippen molar-refractivity contribution in [2.24, 2.45) is 0 Å². The smallest absolute Gasteiger partial charge is 0.409 e. The Morgan fingerprint density at radius 3 is 2.54 bits per heavy atom. The minimum Gasteiger partial charge on any atom is -0.453 e. The predicted molar refractivity (Wildman–Crippen MR) is 142 cm³/mol. The fourth-order valence-corrected chi connectivity index (χ4v) is 5.00. The van der Waals surface area contributed by atoms with Crippen LogP contribution in [0.2, 0.25) is 0 Å². The van der Waals surface area contributed by atoms with Gasteiger partial charge in [-0.2, -0.15) is 4.98 Å². The van der Waals surface area contributed by atoms with E-state index in [1.165, 1.54) is 7.11 Å². The van der Waals surface area contributed by atoms with Crippen LogP contribution in [0.25, 0.3) is 11.2 Å². The van der Waals surface area contributed by atoms with Crippen molar-refractivity contribution in [3.63, 3.8) is 0 Å². The molecule has 0 bridgehead atoms. The summed E-state index contributed by atoms with van der Waals surface area (Å²) in [5.74, 6) is 0.519. The van der Waals surface area contributed by atoms with Gasteiger partial charge < -0.3 is 24.8 Å². The first-order valence-electron chi connectivity index (χ1n) is 12.6. The fraction of sp³-hybridized carbons (Fsp3) is 0.407. The van der Waals surface area contributed by atoms with Crippen LogP contribution in [-0.2, 0) is 4.74 Å². The number of nitrogens with one attached hydrogen (secondary N) is 1. The molecule has 0 atom stereocenters. The first-order valence-corrected chi connectivity index (χ1v) is 12.6. The highest BCUT2D eigenvalue weighted by Gasteiger charge is 2.25. The average molecular weight is 504 g/mol. The van der Waals surface area contributed by atoms with Crippen LogP contribution in [0.15, 0.2) is 48.7 Å². The Bertz CT molecular complexity index is 1310. The predicted octanol–water partition coefficient (Wildman–Crippen LogP) is 3.49. The first-order chi connectivity index (χ1) is 17.9. The summed E-state index contributed by atoms with van der Waals surface area (Å²) in [6.07, 6.45) is 6.30. The molecule has 2 aliphatic heterocycles. The Hall–Kier alpha value is -3.92. The van der Waals surface area contributed by atoms with Gasteiger partial charge in [-0.05, 0) is 81.4 Å². The van der Waals surface area contributed by atoms with E-state index in [1.807, 2.05) is 60.6 Å². The molecule has 0 spiro atoms. The number of rotatable bonds is 5. The number of benzene rings is 1. The van der Waals surface area contributed by atoms with Gasteiger partial charge >= 0.3 is 6.09 Å². The monoisotopic (exact) mass is 503 g/mol. The molecule has 0 radical (unpaired) electrons. The molecule has 10 nitrogen and oxygen atoms in total. The topological polar surface area (TPSA) is 95.3 Å². The van der Waals surface area contributed by atoms with Crippen LogP contribution in [0.4, 0.5) is 16.4 Å². The fourth-order valence-electron chi connectivity index (χ4n) is 5.00. The van der Waals surface area contributed by atoms with E-state index < -0.39 is 0 Å². The molecule has 5 rings (SSSR count). The number of aromatic nitrogens is 3. The highest BCUT2D eigenvalue weighted by molar-refractivity contribution is 5.94. The molecule has 1 saturated heterocycles. The normalized spacial score (nSPS) is 16.9. The summed E-state index contributed by atoms with van der Waals surface area (Å²) in [7, 11) is 5.42. The maximum Gasteiger partial charge on any atom is 0.409 e. The zero-order valence-corrected chi connectivity index (χ0v) is 21.6. The number of carbonyl (C=O) groups excluding carboxylic acids is 2. The zero-order chi connectivity index (χ0) is 25.9. The van der Waals surface area contributed by atoms with Crippen molar-refractivity contribution in [2.75, 3.05) is 52.7 Å². The van der Waals surface area contributed by atoms with Crippen molar-refractivity contribution >= 4 is 34.9 Å². The number of amides is 2. The van der Waals surface area contributed by atoms with Gasteiger partial charge in [0.05, 0.1) is 7.11 Å². The number of ether oxygens (including phenoxy) is 1. The summed E-state index contributed by atoms with van der Waals surface area (Å²) in [6.45, 7) is 3.13. The van der Waals surface area contributed by atoms with E-state index in [9.17, 15) is 9.59 Å². The van der Waals surface area contributed by atoms with Crippen molar-refractivity contribution in [1.29, 1.82) is 0 Å². The summed E-state index contributed by atoms with van der Waals surface area (Å²) in [4.78, 5) is 35.4. The molecule has 1 aromatic carbocycles. The number of fused-ring (bicyclic) bond motifs is 1. The first kappa shape index (κ1) is 24.8. The molecule has 0 aliphatic carbocycles. The molecule has 2 amide bonds. The van der Waals surface area contributed by atoms with Gasteiger partial charge in [0.15, 0.2) is 5.65 Å². The largest absolute Gasteiger partial charge is 0.453 e. The average Bonchev–Trinajstić information content (AvgIpc) is 3.35.